The first-order valence-electron chi connectivity index (χ1n) is 5.15. The number of rotatable bonds is 3. The van der Waals surface area contributed by atoms with Crippen LogP contribution in [0, 0.1) is 10.1 Å². The van der Waals surface area contributed by atoms with Crippen LogP contribution in [0.15, 0.2) is 46.0 Å². The van der Waals surface area contributed by atoms with Gasteiger partial charge in [0.1, 0.15) is 11.5 Å². The van der Waals surface area contributed by atoms with Gasteiger partial charge in [-0.25, -0.2) is 0 Å². The molecule has 0 bridgehead atoms. The lowest BCUT2D eigenvalue weighted by Gasteiger charge is -1.97. The van der Waals surface area contributed by atoms with Crippen LogP contribution in [0.5, 0.6) is 0 Å². The number of non-ortho nitro benzene ring substituents is 1. The third-order valence-corrected chi connectivity index (χ3v) is 2.45. The van der Waals surface area contributed by atoms with Crippen LogP contribution in [0.25, 0.3) is 11.3 Å². The lowest BCUT2D eigenvalue weighted by Crippen LogP contribution is -1.90. The molecule has 92 valence electrons. The highest BCUT2D eigenvalue weighted by atomic mass is 16.6. The number of benzene rings is 1. The maximum absolute atomic E-state index is 10.7. The highest BCUT2D eigenvalue weighted by Gasteiger charge is 2.11. The van der Waals surface area contributed by atoms with Crippen LogP contribution < -0.4 is 0 Å². The summed E-state index contributed by atoms with van der Waals surface area (Å²) in [4.78, 5) is 10.2. The monoisotopic (exact) mass is 246 g/mol. The Labute approximate surface area is 102 Å². The summed E-state index contributed by atoms with van der Waals surface area (Å²) in [6.45, 7) is 1.59. The summed E-state index contributed by atoms with van der Waals surface area (Å²) >= 11 is 0. The Morgan fingerprint density at radius 2 is 2.17 bits per heavy atom. The van der Waals surface area contributed by atoms with E-state index >= 15 is 0 Å². The fourth-order valence-electron chi connectivity index (χ4n) is 1.51. The Hall–Kier alpha value is -2.63. The molecule has 1 aromatic carbocycles. The van der Waals surface area contributed by atoms with Crippen molar-refractivity contribution in [2.45, 2.75) is 6.92 Å². The molecule has 0 amide bonds. The normalized spacial score (nSPS) is 11.5. The van der Waals surface area contributed by atoms with Crippen molar-refractivity contribution < 1.29 is 14.5 Å². The van der Waals surface area contributed by atoms with Crippen molar-refractivity contribution in [1.82, 2.24) is 0 Å². The molecule has 0 atom stereocenters. The largest absolute Gasteiger partial charge is 0.455 e. The predicted molar refractivity (Wildman–Crippen MR) is 64.8 cm³/mol. The van der Waals surface area contributed by atoms with Gasteiger partial charge in [-0.3, -0.25) is 10.1 Å². The molecule has 0 aliphatic rings. The van der Waals surface area contributed by atoms with Crippen LogP contribution in [-0.2, 0) is 0 Å². The molecule has 1 heterocycles. The number of hydrogen-bond acceptors (Lipinski definition) is 5. The average molecular weight is 246 g/mol. The van der Waals surface area contributed by atoms with Crippen molar-refractivity contribution in [1.29, 1.82) is 0 Å². The van der Waals surface area contributed by atoms with Gasteiger partial charge in [-0.15, -0.1) is 0 Å². The summed E-state index contributed by atoms with van der Waals surface area (Å²) in [5.41, 5.74) is 0.936. The summed E-state index contributed by atoms with van der Waals surface area (Å²) in [6.07, 6.45) is 0. The Morgan fingerprint density at radius 3 is 2.83 bits per heavy atom. The fourth-order valence-corrected chi connectivity index (χ4v) is 1.51. The van der Waals surface area contributed by atoms with E-state index in [9.17, 15) is 10.1 Å². The molecular weight excluding hydrogens is 236 g/mol. The van der Waals surface area contributed by atoms with E-state index in [4.69, 9.17) is 9.62 Å². The molecule has 0 saturated carbocycles. The smallest absolute Gasteiger partial charge is 0.270 e. The minimum atomic E-state index is -0.465. The van der Waals surface area contributed by atoms with E-state index in [2.05, 4.69) is 5.16 Å². The molecule has 1 aromatic heterocycles. The van der Waals surface area contributed by atoms with Gasteiger partial charge >= 0.3 is 0 Å². The lowest BCUT2D eigenvalue weighted by molar-refractivity contribution is -0.384. The van der Waals surface area contributed by atoms with Crippen LogP contribution in [0.3, 0.4) is 0 Å². The van der Waals surface area contributed by atoms with Crippen molar-refractivity contribution in [3.05, 3.63) is 52.3 Å². The first kappa shape index (κ1) is 11.8. The van der Waals surface area contributed by atoms with Gasteiger partial charge in [-0.2, -0.15) is 0 Å². The average Bonchev–Trinajstić information content (AvgIpc) is 2.87. The summed E-state index contributed by atoms with van der Waals surface area (Å²) < 4.78 is 5.44. The van der Waals surface area contributed by atoms with Gasteiger partial charge in [0.25, 0.3) is 5.69 Å². The predicted octanol–water partition coefficient (Wildman–Crippen LogP) is 3.05. The number of nitro benzene ring substituents is 1. The second-order valence-electron chi connectivity index (χ2n) is 3.66. The van der Waals surface area contributed by atoms with Gasteiger partial charge in [0.15, 0.2) is 5.76 Å². The molecular formula is C12H10N2O4. The minimum absolute atomic E-state index is 0.00185. The van der Waals surface area contributed by atoms with Crippen molar-refractivity contribution in [3.8, 4) is 11.3 Å². The summed E-state index contributed by atoms with van der Waals surface area (Å²) in [5, 5.41) is 22.3. The van der Waals surface area contributed by atoms with Crippen molar-refractivity contribution in [2.75, 3.05) is 0 Å². The summed E-state index contributed by atoms with van der Waals surface area (Å²) in [5.74, 6) is 0.899. The Kier molecular flexibility index (Phi) is 3.09. The zero-order chi connectivity index (χ0) is 13.1. The first-order valence-corrected chi connectivity index (χ1v) is 5.15. The zero-order valence-electron chi connectivity index (χ0n) is 9.53. The quantitative estimate of drug-likeness (QED) is 0.390. The third-order valence-electron chi connectivity index (χ3n) is 2.45. The molecule has 2 aromatic rings. The van der Waals surface area contributed by atoms with Crippen LogP contribution >= 0.6 is 0 Å². The highest BCUT2D eigenvalue weighted by Crippen LogP contribution is 2.25. The number of nitrogens with zero attached hydrogens (tertiary/aromatic N) is 2. The third kappa shape index (κ3) is 2.22. The maximum atomic E-state index is 10.7. The number of furan rings is 1. The molecule has 6 nitrogen and oxygen atoms in total. The van der Waals surface area contributed by atoms with E-state index in [1.807, 2.05) is 0 Å². The lowest BCUT2D eigenvalue weighted by atomic mass is 10.1. The van der Waals surface area contributed by atoms with E-state index < -0.39 is 4.92 Å². The van der Waals surface area contributed by atoms with Gasteiger partial charge in [0, 0.05) is 17.7 Å². The minimum Gasteiger partial charge on any atom is -0.455 e. The molecule has 0 unspecified atom stereocenters. The van der Waals surface area contributed by atoms with E-state index in [1.165, 1.54) is 12.1 Å². The van der Waals surface area contributed by atoms with Gasteiger partial charge in [0.2, 0.25) is 0 Å². The molecule has 1 N–H and O–H groups in total. The SMILES string of the molecule is C/C(=N\O)c1ccc(-c2cccc([N+](=O)[O-])c2)o1. The Bertz CT molecular complexity index is 616. The summed E-state index contributed by atoms with van der Waals surface area (Å²) in [7, 11) is 0. The van der Waals surface area contributed by atoms with Crippen LogP contribution in [0.2, 0.25) is 0 Å². The Balaban J connectivity index is 2.40. The fraction of sp³-hybridized carbons (Fsp3) is 0.0833. The Morgan fingerprint density at radius 1 is 1.39 bits per heavy atom. The van der Waals surface area contributed by atoms with Crippen molar-refractivity contribution in [3.63, 3.8) is 0 Å². The molecule has 0 saturated heterocycles. The van der Waals surface area contributed by atoms with Crippen LogP contribution in [0.4, 0.5) is 5.69 Å². The number of nitro groups is 1. The topological polar surface area (TPSA) is 88.9 Å². The zero-order valence-corrected chi connectivity index (χ0v) is 9.53. The van der Waals surface area contributed by atoms with Gasteiger partial charge in [-0.1, -0.05) is 17.3 Å². The maximum Gasteiger partial charge on any atom is 0.270 e. The molecule has 0 fully saturated rings. The van der Waals surface area contributed by atoms with Crippen molar-refractivity contribution in [2.24, 2.45) is 5.16 Å². The second-order valence-corrected chi connectivity index (χ2v) is 3.66. The first-order chi connectivity index (χ1) is 8.61. The van der Waals surface area contributed by atoms with Gasteiger partial charge in [-0.05, 0) is 19.1 Å². The molecule has 0 spiro atoms. The van der Waals surface area contributed by atoms with Gasteiger partial charge in [0.05, 0.1) is 4.92 Å². The van der Waals surface area contributed by atoms with Gasteiger partial charge < -0.3 is 9.62 Å². The molecule has 6 heteroatoms. The molecule has 0 aliphatic carbocycles. The second kappa shape index (κ2) is 4.70. The standard InChI is InChI=1S/C12H10N2O4/c1-8(13-15)11-5-6-12(18-11)9-3-2-4-10(7-9)14(16)17/h2-7,15H,1H3/b13-8+. The van der Waals surface area contributed by atoms with E-state index in [-0.39, 0.29) is 5.69 Å². The van der Waals surface area contributed by atoms with E-state index in [1.54, 1.807) is 31.2 Å². The number of oxime groups is 1. The van der Waals surface area contributed by atoms with E-state index in [0.717, 1.165) is 0 Å². The molecule has 0 radical (unpaired) electrons. The van der Waals surface area contributed by atoms with Crippen LogP contribution in [0.1, 0.15) is 12.7 Å². The molecule has 2 rings (SSSR count). The van der Waals surface area contributed by atoms with E-state index in [0.29, 0.717) is 22.8 Å². The van der Waals surface area contributed by atoms with Crippen LogP contribution in [-0.4, -0.2) is 15.8 Å². The molecule has 18 heavy (non-hydrogen) atoms. The van der Waals surface area contributed by atoms with Crippen molar-refractivity contribution >= 4 is 11.4 Å². The summed E-state index contributed by atoms with van der Waals surface area (Å²) in [6, 6.07) is 9.44. The number of hydrogen-bond donors (Lipinski definition) is 1. The highest BCUT2D eigenvalue weighted by molar-refractivity contribution is 5.96. The molecule has 0 aliphatic heterocycles.